The van der Waals surface area contributed by atoms with E-state index in [0.29, 0.717) is 12.1 Å². The molecule has 1 N–H and O–H groups in total. The average molecular weight is 360 g/mol. The van der Waals surface area contributed by atoms with Crippen LogP contribution in [0.1, 0.15) is 38.5 Å². The number of amides is 2. The highest BCUT2D eigenvalue weighted by molar-refractivity contribution is 5.79. The van der Waals surface area contributed by atoms with Gasteiger partial charge in [-0.15, -0.1) is 0 Å². The van der Waals surface area contributed by atoms with Crippen LogP contribution in [0.3, 0.4) is 0 Å². The van der Waals surface area contributed by atoms with Crippen LogP contribution in [0.5, 0.6) is 0 Å². The molecule has 26 heavy (non-hydrogen) atoms. The maximum Gasteiger partial charge on any atom is 0.244 e. The zero-order chi connectivity index (χ0) is 17.9. The van der Waals surface area contributed by atoms with E-state index in [4.69, 9.17) is 0 Å². The number of likely N-dealkylation sites (tertiary alicyclic amines) is 2. The van der Waals surface area contributed by atoms with Crippen molar-refractivity contribution in [3.05, 3.63) is 12.7 Å². The van der Waals surface area contributed by atoms with Crippen molar-refractivity contribution in [3.8, 4) is 0 Å². The fraction of sp³-hybridized carbons (Fsp3) is 0.778. The molecule has 1 aromatic heterocycles. The molecule has 1 unspecified atom stereocenters. The molecule has 2 amide bonds. The number of hydrogen-bond donors (Lipinski definition) is 1. The van der Waals surface area contributed by atoms with Crippen LogP contribution in [0.2, 0.25) is 0 Å². The normalized spacial score (nSPS) is 25.2. The summed E-state index contributed by atoms with van der Waals surface area (Å²) in [5.41, 5.74) is 0. The molecule has 1 atom stereocenters. The van der Waals surface area contributed by atoms with E-state index in [0.717, 1.165) is 64.7 Å². The molecule has 2 aliphatic heterocycles. The molecule has 8 nitrogen and oxygen atoms in total. The van der Waals surface area contributed by atoms with Gasteiger partial charge in [0.25, 0.3) is 0 Å². The summed E-state index contributed by atoms with van der Waals surface area (Å²) in [4.78, 5) is 33.0. The van der Waals surface area contributed by atoms with Crippen molar-refractivity contribution in [2.75, 3.05) is 26.2 Å². The van der Waals surface area contributed by atoms with E-state index in [-0.39, 0.29) is 24.3 Å². The predicted molar refractivity (Wildman–Crippen MR) is 95.1 cm³/mol. The van der Waals surface area contributed by atoms with Crippen LogP contribution < -0.4 is 5.32 Å². The summed E-state index contributed by atoms with van der Waals surface area (Å²) in [6.45, 7) is 3.78. The largest absolute Gasteiger partial charge is 0.353 e. The van der Waals surface area contributed by atoms with Gasteiger partial charge in [-0.25, -0.2) is 9.67 Å². The van der Waals surface area contributed by atoms with Crippen LogP contribution in [-0.2, 0) is 16.1 Å². The minimum absolute atomic E-state index is 0.106. The Morgan fingerprint density at radius 3 is 2.58 bits per heavy atom. The van der Waals surface area contributed by atoms with Gasteiger partial charge in [0.15, 0.2) is 0 Å². The molecular weight excluding hydrogens is 332 g/mol. The number of nitrogens with zero attached hydrogens (tertiary/aromatic N) is 5. The molecule has 3 heterocycles. The van der Waals surface area contributed by atoms with Crippen LogP contribution in [-0.4, -0.2) is 74.6 Å². The molecule has 2 saturated heterocycles. The lowest BCUT2D eigenvalue weighted by atomic mass is 9.93. The Bertz CT molecular complexity index is 622. The molecule has 4 rings (SSSR count). The van der Waals surface area contributed by atoms with E-state index in [1.54, 1.807) is 11.0 Å². The Labute approximate surface area is 153 Å². The molecule has 3 fully saturated rings. The van der Waals surface area contributed by atoms with Crippen molar-refractivity contribution < 1.29 is 9.59 Å². The average Bonchev–Trinajstić information content (AvgIpc) is 3.34. The minimum atomic E-state index is 0.106. The van der Waals surface area contributed by atoms with E-state index in [1.807, 2.05) is 4.90 Å². The first-order valence-electron chi connectivity index (χ1n) is 9.83. The minimum Gasteiger partial charge on any atom is -0.353 e. The molecule has 8 heteroatoms. The zero-order valence-electron chi connectivity index (χ0n) is 15.2. The van der Waals surface area contributed by atoms with Crippen molar-refractivity contribution in [1.82, 2.24) is 29.9 Å². The van der Waals surface area contributed by atoms with Crippen molar-refractivity contribution in [2.45, 2.75) is 57.2 Å². The van der Waals surface area contributed by atoms with Gasteiger partial charge in [0.2, 0.25) is 11.8 Å². The lowest BCUT2D eigenvalue weighted by Crippen LogP contribution is -2.52. The molecule has 0 bridgehead atoms. The van der Waals surface area contributed by atoms with Crippen LogP contribution in [0.15, 0.2) is 12.7 Å². The number of piperidine rings is 2. The third-order valence-electron chi connectivity index (χ3n) is 5.84. The van der Waals surface area contributed by atoms with Crippen LogP contribution in [0.25, 0.3) is 0 Å². The lowest BCUT2D eigenvalue weighted by molar-refractivity contribution is -0.133. The first-order chi connectivity index (χ1) is 12.7. The fourth-order valence-electron chi connectivity index (χ4n) is 4.13. The van der Waals surface area contributed by atoms with Crippen molar-refractivity contribution >= 4 is 11.8 Å². The maximum atomic E-state index is 12.4. The predicted octanol–water partition coefficient (Wildman–Crippen LogP) is 0.260. The van der Waals surface area contributed by atoms with Crippen LogP contribution in [0.4, 0.5) is 0 Å². The van der Waals surface area contributed by atoms with Gasteiger partial charge in [-0.1, -0.05) is 0 Å². The van der Waals surface area contributed by atoms with E-state index < -0.39 is 0 Å². The number of hydrogen-bond acceptors (Lipinski definition) is 5. The Balaban J connectivity index is 1.24. The van der Waals surface area contributed by atoms with Gasteiger partial charge in [-0.2, -0.15) is 5.10 Å². The van der Waals surface area contributed by atoms with Gasteiger partial charge < -0.3 is 10.2 Å². The monoisotopic (exact) mass is 360 g/mol. The number of nitrogens with one attached hydrogen (secondary N) is 1. The first kappa shape index (κ1) is 17.5. The third-order valence-corrected chi connectivity index (χ3v) is 5.84. The summed E-state index contributed by atoms with van der Waals surface area (Å²) >= 11 is 0. The second-order valence-electron chi connectivity index (χ2n) is 7.82. The highest BCUT2D eigenvalue weighted by Gasteiger charge is 2.34. The summed E-state index contributed by atoms with van der Waals surface area (Å²) in [5, 5.41) is 7.16. The highest BCUT2D eigenvalue weighted by atomic mass is 16.2. The van der Waals surface area contributed by atoms with Gasteiger partial charge >= 0.3 is 0 Å². The quantitative estimate of drug-likeness (QED) is 0.814. The molecule has 1 aliphatic carbocycles. The van der Waals surface area contributed by atoms with Gasteiger partial charge in [0, 0.05) is 31.7 Å². The fourth-order valence-corrected chi connectivity index (χ4v) is 4.13. The summed E-state index contributed by atoms with van der Waals surface area (Å²) in [7, 11) is 0. The second kappa shape index (κ2) is 7.73. The van der Waals surface area contributed by atoms with Gasteiger partial charge in [0.05, 0.1) is 5.92 Å². The Morgan fingerprint density at radius 1 is 1.08 bits per heavy atom. The van der Waals surface area contributed by atoms with Crippen LogP contribution in [0, 0.1) is 5.92 Å². The maximum absolute atomic E-state index is 12.4. The number of carbonyl (C=O) groups excluding carboxylic acids is 2. The van der Waals surface area contributed by atoms with Gasteiger partial charge in [0.1, 0.15) is 19.2 Å². The van der Waals surface area contributed by atoms with Crippen molar-refractivity contribution in [3.63, 3.8) is 0 Å². The summed E-state index contributed by atoms with van der Waals surface area (Å²) in [6, 6.07) is 0.930. The van der Waals surface area contributed by atoms with E-state index >= 15 is 0 Å². The molecular formula is C18H28N6O2. The number of carbonyl (C=O) groups is 2. The van der Waals surface area contributed by atoms with Crippen molar-refractivity contribution in [2.24, 2.45) is 5.92 Å². The molecule has 0 radical (unpaired) electrons. The van der Waals surface area contributed by atoms with Gasteiger partial charge in [-0.3, -0.25) is 14.5 Å². The molecule has 1 saturated carbocycles. The highest BCUT2D eigenvalue weighted by Crippen LogP contribution is 2.26. The smallest absolute Gasteiger partial charge is 0.244 e. The Morgan fingerprint density at radius 2 is 1.88 bits per heavy atom. The van der Waals surface area contributed by atoms with Crippen LogP contribution >= 0.6 is 0 Å². The summed E-state index contributed by atoms with van der Waals surface area (Å²) in [5.74, 6) is 0.489. The lowest BCUT2D eigenvalue weighted by Gasteiger charge is -2.42. The SMILES string of the molecule is O=C(NC1CC1)C1CCCN(C2CCN(C(=O)Cn3cncn3)CC2)C1. The Kier molecular flexibility index (Phi) is 5.19. The first-order valence-corrected chi connectivity index (χ1v) is 9.83. The second-order valence-corrected chi connectivity index (χ2v) is 7.82. The van der Waals surface area contributed by atoms with E-state index in [9.17, 15) is 9.59 Å². The molecule has 0 spiro atoms. The van der Waals surface area contributed by atoms with Gasteiger partial charge in [-0.05, 0) is 45.1 Å². The number of aromatic nitrogens is 3. The zero-order valence-corrected chi connectivity index (χ0v) is 15.2. The molecule has 142 valence electrons. The van der Waals surface area contributed by atoms with E-state index in [2.05, 4.69) is 20.3 Å². The number of rotatable bonds is 5. The molecule has 3 aliphatic rings. The molecule has 0 aromatic carbocycles. The topological polar surface area (TPSA) is 83.4 Å². The third kappa shape index (κ3) is 4.23. The van der Waals surface area contributed by atoms with Crippen molar-refractivity contribution in [1.29, 1.82) is 0 Å². The molecule has 1 aromatic rings. The van der Waals surface area contributed by atoms with E-state index in [1.165, 1.54) is 6.33 Å². The standard InChI is InChI=1S/C18H28N6O2/c25-17(11-24-13-19-12-20-24)22-8-5-16(6-9-22)23-7-1-2-14(10-23)18(26)21-15-3-4-15/h12-16H,1-11H2,(H,21,26). The summed E-state index contributed by atoms with van der Waals surface area (Å²) < 4.78 is 1.57. The Hall–Kier alpha value is -1.96. The summed E-state index contributed by atoms with van der Waals surface area (Å²) in [6.07, 6.45) is 9.38.